The van der Waals surface area contributed by atoms with Crippen molar-refractivity contribution in [1.82, 2.24) is 24.9 Å². The number of hydrogen-bond donors (Lipinski definition) is 2. The summed E-state index contributed by atoms with van der Waals surface area (Å²) in [6.45, 7) is 4.69. The van der Waals surface area contributed by atoms with Crippen molar-refractivity contribution < 1.29 is 9.53 Å². The molecule has 2 aromatic heterocycles. The fourth-order valence-electron chi connectivity index (χ4n) is 2.91. The number of benzene rings is 1. The van der Waals surface area contributed by atoms with E-state index >= 15 is 0 Å². The molecule has 0 spiro atoms. The van der Waals surface area contributed by atoms with Crippen LogP contribution in [0.25, 0.3) is 0 Å². The van der Waals surface area contributed by atoms with E-state index < -0.39 is 0 Å². The van der Waals surface area contributed by atoms with Crippen LogP contribution >= 0.6 is 23.1 Å². The Bertz CT molecular complexity index is 1020. The Hall–Kier alpha value is -2.82. The first-order chi connectivity index (χ1) is 14.6. The van der Waals surface area contributed by atoms with Crippen molar-refractivity contribution in [3.05, 3.63) is 51.6 Å². The summed E-state index contributed by atoms with van der Waals surface area (Å²) in [5.41, 5.74) is 2.15. The van der Waals surface area contributed by atoms with Gasteiger partial charge in [-0.05, 0) is 42.7 Å². The van der Waals surface area contributed by atoms with Crippen molar-refractivity contribution in [2.24, 2.45) is 0 Å². The molecule has 0 bridgehead atoms. The standard InChI is InChI=1S/C19H20ClN7O2S/c1-12-17(30-26-25-12)18(28)21-11-15-10-16(22-14-4-2-13(20)3-5-14)24-19(23-15)27-6-8-29-9-7-27/h2-5,10H,6-9,11H2,1H3,(H,21,28)(H,22,23,24). The van der Waals surface area contributed by atoms with Crippen molar-refractivity contribution in [1.29, 1.82) is 0 Å². The third-order valence-corrected chi connectivity index (χ3v) is 5.54. The van der Waals surface area contributed by atoms with E-state index in [1.165, 1.54) is 0 Å². The minimum atomic E-state index is -0.221. The molecule has 30 heavy (non-hydrogen) atoms. The lowest BCUT2D eigenvalue weighted by molar-refractivity contribution is 0.0953. The van der Waals surface area contributed by atoms with Gasteiger partial charge in [0.15, 0.2) is 0 Å². The van der Waals surface area contributed by atoms with Crippen molar-refractivity contribution in [3.63, 3.8) is 0 Å². The predicted octanol–water partition coefficient (Wildman–Crippen LogP) is 2.80. The molecule has 11 heteroatoms. The fraction of sp³-hybridized carbons (Fsp3) is 0.316. The van der Waals surface area contributed by atoms with Gasteiger partial charge < -0.3 is 20.3 Å². The van der Waals surface area contributed by atoms with Gasteiger partial charge in [-0.2, -0.15) is 4.98 Å². The van der Waals surface area contributed by atoms with Gasteiger partial charge in [-0.3, -0.25) is 4.79 Å². The molecule has 1 fully saturated rings. The van der Waals surface area contributed by atoms with Crippen molar-refractivity contribution in [2.75, 3.05) is 36.5 Å². The zero-order chi connectivity index (χ0) is 20.9. The zero-order valence-corrected chi connectivity index (χ0v) is 17.8. The van der Waals surface area contributed by atoms with Crippen LogP contribution in [-0.2, 0) is 11.3 Å². The quantitative estimate of drug-likeness (QED) is 0.596. The molecule has 0 radical (unpaired) electrons. The number of nitrogens with one attached hydrogen (secondary N) is 2. The summed E-state index contributed by atoms with van der Waals surface area (Å²) < 4.78 is 9.23. The minimum absolute atomic E-state index is 0.221. The van der Waals surface area contributed by atoms with Crippen LogP contribution in [0.2, 0.25) is 5.02 Å². The molecular weight excluding hydrogens is 426 g/mol. The topological polar surface area (TPSA) is 105 Å². The average molecular weight is 446 g/mol. The number of rotatable bonds is 6. The molecule has 4 rings (SSSR count). The van der Waals surface area contributed by atoms with Crippen LogP contribution in [0.5, 0.6) is 0 Å². The summed E-state index contributed by atoms with van der Waals surface area (Å²) >= 11 is 7.04. The molecule has 2 N–H and O–H groups in total. The van der Waals surface area contributed by atoms with Gasteiger partial charge in [-0.1, -0.05) is 16.1 Å². The number of morpholine rings is 1. The second-order valence-corrected chi connectivity index (χ2v) is 7.84. The van der Waals surface area contributed by atoms with Crippen molar-refractivity contribution >= 4 is 46.5 Å². The summed E-state index contributed by atoms with van der Waals surface area (Å²) in [5.74, 6) is 1.01. The highest BCUT2D eigenvalue weighted by atomic mass is 35.5. The SMILES string of the molecule is Cc1nnsc1C(=O)NCc1cc(Nc2ccc(Cl)cc2)nc(N2CCOCC2)n1. The molecule has 9 nitrogen and oxygen atoms in total. The van der Waals surface area contributed by atoms with Crippen LogP contribution in [0.3, 0.4) is 0 Å². The lowest BCUT2D eigenvalue weighted by atomic mass is 10.3. The molecule has 1 amide bonds. The van der Waals surface area contributed by atoms with Gasteiger partial charge in [0.1, 0.15) is 10.7 Å². The first kappa shape index (κ1) is 20.5. The van der Waals surface area contributed by atoms with E-state index in [4.69, 9.17) is 16.3 Å². The summed E-state index contributed by atoms with van der Waals surface area (Å²) in [5, 5.41) is 10.7. The molecule has 156 valence electrons. The Kier molecular flexibility index (Phi) is 6.36. The van der Waals surface area contributed by atoms with Crippen LogP contribution < -0.4 is 15.5 Å². The van der Waals surface area contributed by atoms with E-state index in [1.807, 2.05) is 18.2 Å². The Balaban J connectivity index is 1.55. The summed E-state index contributed by atoms with van der Waals surface area (Å²) in [7, 11) is 0. The van der Waals surface area contributed by atoms with E-state index in [9.17, 15) is 4.79 Å². The van der Waals surface area contributed by atoms with Gasteiger partial charge in [-0.25, -0.2) is 4.98 Å². The van der Waals surface area contributed by atoms with E-state index in [0.29, 0.717) is 59.4 Å². The highest BCUT2D eigenvalue weighted by Gasteiger charge is 2.17. The van der Waals surface area contributed by atoms with Crippen LogP contribution in [0.4, 0.5) is 17.5 Å². The van der Waals surface area contributed by atoms with Gasteiger partial charge >= 0.3 is 0 Å². The molecule has 0 aliphatic carbocycles. The number of ether oxygens (including phenoxy) is 1. The number of aromatic nitrogens is 4. The van der Waals surface area contributed by atoms with Gasteiger partial charge in [0.25, 0.3) is 5.91 Å². The smallest absolute Gasteiger partial charge is 0.265 e. The number of hydrogen-bond acceptors (Lipinski definition) is 9. The highest BCUT2D eigenvalue weighted by molar-refractivity contribution is 7.07. The van der Waals surface area contributed by atoms with Gasteiger partial charge in [0.2, 0.25) is 5.95 Å². The number of amides is 1. The van der Waals surface area contributed by atoms with Gasteiger partial charge in [-0.15, -0.1) is 5.10 Å². The molecule has 3 aromatic rings. The Morgan fingerprint density at radius 3 is 2.70 bits per heavy atom. The number of carbonyl (C=O) groups is 1. The van der Waals surface area contributed by atoms with Crippen LogP contribution in [0.15, 0.2) is 30.3 Å². The Morgan fingerprint density at radius 1 is 1.23 bits per heavy atom. The van der Waals surface area contributed by atoms with Crippen molar-refractivity contribution in [3.8, 4) is 0 Å². The van der Waals surface area contributed by atoms with Crippen molar-refractivity contribution in [2.45, 2.75) is 13.5 Å². The second-order valence-electron chi connectivity index (χ2n) is 6.65. The number of halogens is 1. The Labute approximate surface area is 182 Å². The maximum absolute atomic E-state index is 12.4. The normalized spacial score (nSPS) is 13.9. The second kappa shape index (κ2) is 9.33. The van der Waals surface area contributed by atoms with Gasteiger partial charge in [0, 0.05) is 29.9 Å². The summed E-state index contributed by atoms with van der Waals surface area (Å²) in [4.78, 5) is 24.3. The van der Waals surface area contributed by atoms with Crippen LogP contribution in [0.1, 0.15) is 21.1 Å². The predicted molar refractivity (Wildman–Crippen MR) is 116 cm³/mol. The maximum Gasteiger partial charge on any atom is 0.265 e. The highest BCUT2D eigenvalue weighted by Crippen LogP contribution is 2.21. The number of anilines is 3. The molecule has 0 unspecified atom stereocenters. The van der Waals surface area contributed by atoms with Crippen LogP contribution in [0, 0.1) is 6.92 Å². The molecule has 1 aliphatic heterocycles. The van der Waals surface area contributed by atoms with Crippen LogP contribution in [-0.4, -0.2) is 51.8 Å². The number of carbonyl (C=O) groups excluding carboxylic acids is 1. The zero-order valence-electron chi connectivity index (χ0n) is 16.3. The first-order valence-corrected chi connectivity index (χ1v) is 10.5. The lowest BCUT2D eigenvalue weighted by Crippen LogP contribution is -2.37. The van der Waals surface area contributed by atoms with E-state index in [0.717, 1.165) is 17.2 Å². The molecule has 1 saturated heterocycles. The number of aryl methyl sites for hydroxylation is 1. The molecule has 0 atom stereocenters. The Morgan fingerprint density at radius 2 is 2.00 bits per heavy atom. The van der Waals surface area contributed by atoms with Gasteiger partial charge in [0.05, 0.1) is 31.1 Å². The maximum atomic E-state index is 12.4. The third-order valence-electron chi connectivity index (χ3n) is 4.47. The fourth-order valence-corrected chi connectivity index (χ4v) is 3.61. The molecular formula is C19H20ClN7O2S. The average Bonchev–Trinajstić information content (AvgIpc) is 3.20. The lowest BCUT2D eigenvalue weighted by Gasteiger charge is -2.27. The monoisotopic (exact) mass is 445 g/mol. The molecule has 3 heterocycles. The number of nitrogens with zero attached hydrogens (tertiary/aromatic N) is 5. The minimum Gasteiger partial charge on any atom is -0.378 e. The van der Waals surface area contributed by atoms with E-state index in [2.05, 4.69) is 35.1 Å². The van der Waals surface area contributed by atoms with E-state index in [-0.39, 0.29) is 12.5 Å². The summed E-state index contributed by atoms with van der Waals surface area (Å²) in [6, 6.07) is 9.18. The molecule has 1 aromatic carbocycles. The first-order valence-electron chi connectivity index (χ1n) is 9.39. The van der Waals surface area contributed by atoms with E-state index in [1.54, 1.807) is 19.1 Å². The molecule has 1 aliphatic rings. The third kappa shape index (κ3) is 5.02. The summed E-state index contributed by atoms with van der Waals surface area (Å²) in [6.07, 6.45) is 0. The largest absolute Gasteiger partial charge is 0.378 e. The molecule has 0 saturated carbocycles.